The molecule has 0 aliphatic carbocycles. The number of fused-ring (bicyclic) bond motifs is 1. The molecule has 1 aliphatic rings. The van der Waals surface area contributed by atoms with Crippen LogP contribution in [-0.4, -0.2) is 24.7 Å². The van der Waals surface area contributed by atoms with Gasteiger partial charge in [0.25, 0.3) is 11.8 Å². The van der Waals surface area contributed by atoms with E-state index < -0.39 is 17.5 Å². The summed E-state index contributed by atoms with van der Waals surface area (Å²) < 4.78 is 18.9. The van der Waals surface area contributed by atoms with Gasteiger partial charge in [0.1, 0.15) is 11.6 Å². The fourth-order valence-corrected chi connectivity index (χ4v) is 3.47. The zero-order valence-electron chi connectivity index (χ0n) is 17.4. The summed E-state index contributed by atoms with van der Waals surface area (Å²) >= 11 is 5.69. The molecule has 6 nitrogen and oxygen atoms in total. The van der Waals surface area contributed by atoms with E-state index in [1.165, 1.54) is 36.4 Å². The zero-order valence-corrected chi connectivity index (χ0v) is 18.2. The van der Waals surface area contributed by atoms with Crippen LogP contribution in [-0.2, 0) is 11.3 Å². The molecular formula is C25H18ClFN2O4. The van der Waals surface area contributed by atoms with E-state index in [0.717, 1.165) is 11.6 Å². The maximum atomic E-state index is 13.7. The van der Waals surface area contributed by atoms with Crippen LogP contribution in [0.2, 0.25) is 5.02 Å². The number of carbonyl (C=O) groups excluding carboxylic acids is 3. The minimum absolute atomic E-state index is 0.0628. The third kappa shape index (κ3) is 4.78. The first-order chi connectivity index (χ1) is 15.9. The molecule has 33 heavy (non-hydrogen) atoms. The topological polar surface area (TPSA) is 84.5 Å². The van der Waals surface area contributed by atoms with Crippen LogP contribution in [0.3, 0.4) is 0 Å². The quantitative estimate of drug-likeness (QED) is 0.425. The Morgan fingerprint density at radius 1 is 1.09 bits per heavy atom. The highest BCUT2D eigenvalue weighted by Gasteiger charge is 2.29. The number of amides is 2. The summed E-state index contributed by atoms with van der Waals surface area (Å²) in [6.45, 7) is 0.290. The van der Waals surface area contributed by atoms with Crippen LogP contribution in [0.1, 0.15) is 31.8 Å². The van der Waals surface area contributed by atoms with Crippen LogP contribution in [0.4, 0.5) is 10.1 Å². The van der Waals surface area contributed by atoms with Crippen LogP contribution >= 0.6 is 11.6 Å². The first-order valence-electron chi connectivity index (χ1n) is 9.93. The van der Waals surface area contributed by atoms with Gasteiger partial charge in [0.05, 0.1) is 23.4 Å². The molecule has 166 valence electrons. The lowest BCUT2D eigenvalue weighted by Gasteiger charge is -2.19. The number of benzene rings is 3. The molecule has 8 heteroatoms. The first kappa shape index (κ1) is 22.2. The number of Topliss-reactive ketones (excluding diaryl/α,β-unsaturated/α-hetero) is 1. The van der Waals surface area contributed by atoms with Crippen molar-refractivity contribution in [1.82, 2.24) is 5.32 Å². The van der Waals surface area contributed by atoms with E-state index in [2.05, 4.69) is 10.6 Å². The Balaban J connectivity index is 1.55. The van der Waals surface area contributed by atoms with E-state index in [1.807, 2.05) is 12.1 Å². The van der Waals surface area contributed by atoms with Crippen LogP contribution in [0.25, 0.3) is 6.08 Å². The average Bonchev–Trinajstić information content (AvgIpc) is 2.82. The standard InChI is InChI=1S/C25H18ClFN2O4/c1-33-17-6-2-14(3-7-17)13-28-24(31)16-5-9-22-18(12-16)23(30)19(25(32)29-22)10-15-4-8-20(26)21(27)11-15/h2-12H,13H2,1H3,(H,28,31)(H,29,32)/b19-10-. The van der Waals surface area contributed by atoms with Gasteiger partial charge in [-0.1, -0.05) is 29.8 Å². The van der Waals surface area contributed by atoms with Gasteiger partial charge in [-0.2, -0.15) is 0 Å². The van der Waals surface area contributed by atoms with Gasteiger partial charge in [0.15, 0.2) is 0 Å². The Morgan fingerprint density at radius 2 is 1.85 bits per heavy atom. The van der Waals surface area contributed by atoms with E-state index in [4.69, 9.17) is 16.3 Å². The Kier molecular flexibility index (Phi) is 6.24. The molecule has 3 aromatic rings. The summed E-state index contributed by atoms with van der Waals surface area (Å²) in [4.78, 5) is 38.1. The van der Waals surface area contributed by atoms with Gasteiger partial charge in [-0.3, -0.25) is 14.4 Å². The number of ketones is 1. The predicted molar refractivity (Wildman–Crippen MR) is 123 cm³/mol. The van der Waals surface area contributed by atoms with Crippen molar-refractivity contribution >= 4 is 41.0 Å². The number of rotatable bonds is 5. The summed E-state index contributed by atoms with van der Waals surface area (Å²) in [5.74, 6) is -1.49. The lowest BCUT2D eigenvalue weighted by Crippen LogP contribution is -2.28. The second-order valence-corrected chi connectivity index (χ2v) is 7.71. The number of carbonyl (C=O) groups is 3. The molecule has 0 atom stereocenters. The second kappa shape index (κ2) is 9.26. The van der Waals surface area contributed by atoms with Crippen molar-refractivity contribution in [3.8, 4) is 5.75 Å². The molecule has 0 aromatic heterocycles. The van der Waals surface area contributed by atoms with Gasteiger partial charge < -0.3 is 15.4 Å². The van der Waals surface area contributed by atoms with Crippen molar-refractivity contribution in [1.29, 1.82) is 0 Å². The van der Waals surface area contributed by atoms with Crippen LogP contribution < -0.4 is 15.4 Å². The maximum absolute atomic E-state index is 13.7. The van der Waals surface area contributed by atoms with Crippen molar-refractivity contribution in [2.24, 2.45) is 0 Å². The summed E-state index contributed by atoms with van der Waals surface area (Å²) in [5.41, 5.74) is 1.77. The molecule has 4 rings (SSSR count). The fourth-order valence-electron chi connectivity index (χ4n) is 3.35. The summed E-state index contributed by atoms with van der Waals surface area (Å²) in [5, 5.41) is 5.37. The molecule has 0 radical (unpaired) electrons. The van der Waals surface area contributed by atoms with Crippen molar-refractivity contribution in [2.45, 2.75) is 6.54 Å². The van der Waals surface area contributed by atoms with Gasteiger partial charge in [0, 0.05) is 17.7 Å². The van der Waals surface area contributed by atoms with E-state index in [9.17, 15) is 18.8 Å². The molecule has 0 saturated carbocycles. The van der Waals surface area contributed by atoms with Crippen LogP contribution in [0, 0.1) is 5.82 Å². The number of nitrogens with one attached hydrogen (secondary N) is 2. The van der Waals surface area contributed by atoms with Crippen molar-refractivity contribution in [2.75, 3.05) is 12.4 Å². The number of halogens is 2. The minimum Gasteiger partial charge on any atom is -0.497 e. The Morgan fingerprint density at radius 3 is 2.55 bits per heavy atom. The van der Waals surface area contributed by atoms with Crippen molar-refractivity contribution in [3.05, 3.63) is 99.3 Å². The normalized spacial score (nSPS) is 14.0. The lowest BCUT2D eigenvalue weighted by molar-refractivity contribution is -0.112. The number of methoxy groups -OCH3 is 1. The summed E-state index contributed by atoms with van der Waals surface area (Å²) in [6, 6.07) is 15.7. The lowest BCUT2D eigenvalue weighted by atomic mass is 9.93. The number of anilines is 1. The number of ether oxygens (including phenoxy) is 1. The highest BCUT2D eigenvalue weighted by Crippen LogP contribution is 2.28. The second-order valence-electron chi connectivity index (χ2n) is 7.31. The molecule has 0 fully saturated rings. The molecule has 0 spiro atoms. The Bertz CT molecular complexity index is 1300. The Hall–Kier alpha value is -3.97. The fraction of sp³-hybridized carbons (Fsp3) is 0.0800. The van der Waals surface area contributed by atoms with Gasteiger partial charge >= 0.3 is 0 Å². The smallest absolute Gasteiger partial charge is 0.259 e. The van der Waals surface area contributed by atoms with E-state index in [1.54, 1.807) is 19.2 Å². The Labute approximate surface area is 194 Å². The third-order valence-electron chi connectivity index (χ3n) is 5.13. The van der Waals surface area contributed by atoms with Crippen LogP contribution in [0.5, 0.6) is 5.75 Å². The van der Waals surface area contributed by atoms with Gasteiger partial charge in [-0.15, -0.1) is 0 Å². The molecular weight excluding hydrogens is 447 g/mol. The monoisotopic (exact) mass is 464 g/mol. The first-order valence-corrected chi connectivity index (χ1v) is 10.3. The van der Waals surface area contributed by atoms with E-state index in [0.29, 0.717) is 17.0 Å². The molecule has 0 saturated heterocycles. The number of hydrogen-bond donors (Lipinski definition) is 2. The average molecular weight is 465 g/mol. The predicted octanol–water partition coefficient (Wildman–Crippen LogP) is 4.64. The molecule has 0 unspecified atom stereocenters. The maximum Gasteiger partial charge on any atom is 0.259 e. The highest BCUT2D eigenvalue weighted by molar-refractivity contribution is 6.36. The van der Waals surface area contributed by atoms with Gasteiger partial charge in [0.2, 0.25) is 5.78 Å². The van der Waals surface area contributed by atoms with E-state index >= 15 is 0 Å². The van der Waals surface area contributed by atoms with Crippen LogP contribution in [0.15, 0.2) is 66.2 Å². The molecule has 1 aliphatic heterocycles. The molecule has 3 aromatic carbocycles. The number of hydrogen-bond acceptors (Lipinski definition) is 4. The third-order valence-corrected chi connectivity index (χ3v) is 5.44. The summed E-state index contributed by atoms with van der Waals surface area (Å²) in [6.07, 6.45) is 1.29. The van der Waals surface area contributed by atoms with Gasteiger partial charge in [-0.25, -0.2) is 4.39 Å². The molecule has 2 N–H and O–H groups in total. The highest BCUT2D eigenvalue weighted by atomic mass is 35.5. The minimum atomic E-state index is -0.661. The van der Waals surface area contributed by atoms with Crippen molar-refractivity contribution < 1.29 is 23.5 Å². The SMILES string of the molecule is COc1ccc(CNC(=O)c2ccc3c(c2)C(=O)/C(=C/c2ccc(Cl)c(F)c2)C(=O)N3)cc1. The molecule has 1 heterocycles. The summed E-state index contributed by atoms with van der Waals surface area (Å²) in [7, 11) is 1.57. The largest absolute Gasteiger partial charge is 0.497 e. The molecule has 2 amide bonds. The van der Waals surface area contributed by atoms with Gasteiger partial charge in [-0.05, 0) is 59.7 Å². The van der Waals surface area contributed by atoms with Crippen molar-refractivity contribution in [3.63, 3.8) is 0 Å². The molecule has 0 bridgehead atoms. The van der Waals surface area contributed by atoms with E-state index in [-0.39, 0.29) is 34.2 Å². The zero-order chi connectivity index (χ0) is 23.5.